The number of methoxy groups -OCH3 is 2. The molecule has 0 aliphatic carbocycles. The smallest absolute Gasteiger partial charge is 0.160 e. The minimum Gasteiger partial charge on any atom is -0.497 e. The lowest BCUT2D eigenvalue weighted by molar-refractivity contribution is 0.393. The van der Waals surface area contributed by atoms with Crippen molar-refractivity contribution < 1.29 is 9.47 Å². The molecule has 1 unspecified atom stereocenters. The molecule has 1 atom stereocenters. The molecular weight excluding hydrogens is 344 g/mol. The van der Waals surface area contributed by atoms with E-state index in [4.69, 9.17) is 26.8 Å². The largest absolute Gasteiger partial charge is 0.497 e. The predicted molar refractivity (Wildman–Crippen MR) is 101 cm³/mol. The summed E-state index contributed by atoms with van der Waals surface area (Å²) in [4.78, 5) is 4.48. The molecule has 0 aromatic heterocycles. The first-order chi connectivity index (χ1) is 11.6. The van der Waals surface area contributed by atoms with Crippen molar-refractivity contribution in [2.75, 3.05) is 14.2 Å². The standard InChI is InChI=1S/C18H17ClN2O2S/c1-22-13-7-8-14(16(9-13)23-2)15-10-17(24-18(20)21-15)11-3-5-12(19)6-4-11/h3-10,17H,1-2H3,(H2,20,21). The number of hydrogen-bond donors (Lipinski definition) is 1. The summed E-state index contributed by atoms with van der Waals surface area (Å²) < 4.78 is 10.7. The number of ether oxygens (including phenoxy) is 2. The van der Waals surface area contributed by atoms with E-state index in [9.17, 15) is 0 Å². The molecule has 0 spiro atoms. The van der Waals surface area contributed by atoms with Crippen LogP contribution in [0.25, 0.3) is 5.70 Å². The van der Waals surface area contributed by atoms with Crippen molar-refractivity contribution in [1.29, 1.82) is 0 Å². The summed E-state index contributed by atoms with van der Waals surface area (Å²) in [5, 5.41) is 1.30. The van der Waals surface area contributed by atoms with Gasteiger partial charge in [0.2, 0.25) is 0 Å². The Kier molecular flexibility index (Phi) is 5.02. The number of thioether (sulfide) groups is 1. The molecule has 124 valence electrons. The molecule has 4 nitrogen and oxygen atoms in total. The third-order valence-electron chi connectivity index (χ3n) is 3.67. The van der Waals surface area contributed by atoms with E-state index in [1.165, 1.54) is 11.8 Å². The molecule has 0 amide bonds. The highest BCUT2D eigenvalue weighted by atomic mass is 35.5. The van der Waals surface area contributed by atoms with E-state index in [-0.39, 0.29) is 5.25 Å². The van der Waals surface area contributed by atoms with Gasteiger partial charge in [0.05, 0.1) is 25.2 Å². The minimum absolute atomic E-state index is 0.0709. The van der Waals surface area contributed by atoms with Gasteiger partial charge in [-0.2, -0.15) is 0 Å². The summed E-state index contributed by atoms with van der Waals surface area (Å²) >= 11 is 7.48. The molecule has 3 rings (SSSR count). The molecule has 1 aliphatic rings. The van der Waals surface area contributed by atoms with E-state index in [0.29, 0.717) is 15.9 Å². The Morgan fingerprint density at radius 3 is 2.50 bits per heavy atom. The molecule has 2 aromatic carbocycles. The lowest BCUT2D eigenvalue weighted by atomic mass is 10.1. The topological polar surface area (TPSA) is 56.8 Å². The maximum absolute atomic E-state index is 6.05. The van der Waals surface area contributed by atoms with Gasteiger partial charge in [0.25, 0.3) is 0 Å². The van der Waals surface area contributed by atoms with E-state index in [1.54, 1.807) is 14.2 Å². The summed E-state index contributed by atoms with van der Waals surface area (Å²) in [6, 6.07) is 13.4. The number of aliphatic imine (C=N–C) groups is 1. The van der Waals surface area contributed by atoms with Gasteiger partial charge in [-0.25, -0.2) is 4.99 Å². The Bertz CT molecular complexity index is 803. The maximum Gasteiger partial charge on any atom is 0.160 e. The first kappa shape index (κ1) is 16.7. The first-order valence-electron chi connectivity index (χ1n) is 7.31. The van der Waals surface area contributed by atoms with Crippen molar-refractivity contribution in [3.8, 4) is 11.5 Å². The van der Waals surface area contributed by atoms with Gasteiger partial charge < -0.3 is 15.2 Å². The quantitative estimate of drug-likeness (QED) is 0.872. The van der Waals surface area contributed by atoms with Crippen molar-refractivity contribution in [3.63, 3.8) is 0 Å². The van der Waals surface area contributed by atoms with Crippen LogP contribution in [0.1, 0.15) is 16.4 Å². The van der Waals surface area contributed by atoms with Gasteiger partial charge in [-0.1, -0.05) is 35.5 Å². The first-order valence-corrected chi connectivity index (χ1v) is 8.57. The second-order valence-electron chi connectivity index (χ2n) is 5.16. The number of nitrogens with two attached hydrogens (primary N) is 1. The molecule has 0 radical (unpaired) electrons. The van der Waals surface area contributed by atoms with Gasteiger partial charge in [0.1, 0.15) is 11.5 Å². The average molecular weight is 361 g/mol. The Hall–Kier alpha value is -2.11. The fourth-order valence-corrected chi connectivity index (χ4v) is 3.49. The summed E-state index contributed by atoms with van der Waals surface area (Å²) in [6.07, 6.45) is 2.08. The Labute approximate surface area is 150 Å². The number of halogens is 1. The number of rotatable bonds is 4. The van der Waals surface area contributed by atoms with Crippen LogP contribution < -0.4 is 15.2 Å². The molecular formula is C18H17ClN2O2S. The monoisotopic (exact) mass is 360 g/mol. The lowest BCUT2D eigenvalue weighted by Gasteiger charge is -2.20. The second-order valence-corrected chi connectivity index (χ2v) is 6.76. The molecule has 2 N–H and O–H groups in total. The van der Waals surface area contributed by atoms with Crippen molar-refractivity contribution in [2.24, 2.45) is 10.7 Å². The third kappa shape index (κ3) is 3.52. The Balaban J connectivity index is 2.01. The van der Waals surface area contributed by atoms with Gasteiger partial charge in [0.15, 0.2) is 5.17 Å². The number of nitrogens with zero attached hydrogens (tertiary/aromatic N) is 1. The lowest BCUT2D eigenvalue weighted by Crippen LogP contribution is -2.13. The molecule has 0 bridgehead atoms. The summed E-state index contributed by atoms with van der Waals surface area (Å²) in [6.45, 7) is 0. The zero-order valence-corrected chi connectivity index (χ0v) is 14.9. The predicted octanol–water partition coefficient (Wildman–Crippen LogP) is 4.50. The summed E-state index contributed by atoms with van der Waals surface area (Å²) in [5.41, 5.74) is 8.82. The highest BCUT2D eigenvalue weighted by Crippen LogP contribution is 2.40. The Morgan fingerprint density at radius 2 is 1.83 bits per heavy atom. The molecule has 6 heteroatoms. The Morgan fingerprint density at radius 1 is 1.08 bits per heavy atom. The molecule has 1 aliphatic heterocycles. The summed E-state index contributed by atoms with van der Waals surface area (Å²) in [7, 11) is 3.25. The van der Waals surface area contributed by atoms with Crippen molar-refractivity contribution in [3.05, 3.63) is 64.7 Å². The van der Waals surface area contributed by atoms with E-state index < -0.39 is 0 Å². The maximum atomic E-state index is 6.05. The van der Waals surface area contributed by atoms with Gasteiger partial charge >= 0.3 is 0 Å². The SMILES string of the molecule is COc1ccc(C2=CC(c3ccc(Cl)cc3)SC(N)=N2)c(OC)c1. The molecule has 0 saturated carbocycles. The molecule has 1 heterocycles. The summed E-state index contributed by atoms with van der Waals surface area (Å²) in [5.74, 6) is 1.42. The van der Waals surface area contributed by atoms with Crippen molar-refractivity contribution >= 4 is 34.2 Å². The zero-order valence-electron chi connectivity index (χ0n) is 13.3. The van der Waals surface area contributed by atoms with Gasteiger partial charge in [0, 0.05) is 16.7 Å². The number of amidine groups is 1. The van der Waals surface area contributed by atoms with Gasteiger partial charge in [-0.05, 0) is 35.9 Å². The van der Waals surface area contributed by atoms with Gasteiger partial charge in [-0.3, -0.25) is 0 Å². The van der Waals surface area contributed by atoms with Crippen LogP contribution in [0.3, 0.4) is 0 Å². The van der Waals surface area contributed by atoms with Crippen LogP contribution in [0, 0.1) is 0 Å². The fourth-order valence-electron chi connectivity index (χ4n) is 2.47. The highest BCUT2D eigenvalue weighted by molar-refractivity contribution is 8.14. The van der Waals surface area contributed by atoms with E-state index >= 15 is 0 Å². The molecule has 0 fully saturated rings. The van der Waals surface area contributed by atoms with E-state index in [0.717, 1.165) is 22.6 Å². The number of hydrogen-bond acceptors (Lipinski definition) is 5. The van der Waals surface area contributed by atoms with E-state index in [2.05, 4.69) is 11.1 Å². The molecule has 24 heavy (non-hydrogen) atoms. The van der Waals surface area contributed by atoms with Crippen LogP contribution in [0.5, 0.6) is 11.5 Å². The van der Waals surface area contributed by atoms with Crippen molar-refractivity contribution in [1.82, 2.24) is 0 Å². The van der Waals surface area contributed by atoms with Gasteiger partial charge in [-0.15, -0.1) is 0 Å². The average Bonchev–Trinajstić information content (AvgIpc) is 2.61. The van der Waals surface area contributed by atoms with Crippen molar-refractivity contribution in [2.45, 2.75) is 5.25 Å². The molecule has 0 saturated heterocycles. The minimum atomic E-state index is 0.0709. The second kappa shape index (κ2) is 7.20. The molecule has 2 aromatic rings. The third-order valence-corrected chi connectivity index (χ3v) is 4.92. The normalized spacial score (nSPS) is 17.0. The van der Waals surface area contributed by atoms with Crippen LogP contribution in [0.4, 0.5) is 0 Å². The van der Waals surface area contributed by atoms with Crippen LogP contribution in [0.2, 0.25) is 5.02 Å². The van der Waals surface area contributed by atoms with E-state index in [1.807, 2.05) is 42.5 Å². The highest BCUT2D eigenvalue weighted by Gasteiger charge is 2.20. The van der Waals surface area contributed by atoms with Crippen LogP contribution in [-0.2, 0) is 0 Å². The fraction of sp³-hybridized carbons (Fsp3) is 0.167. The number of benzene rings is 2. The van der Waals surface area contributed by atoms with Crippen LogP contribution in [-0.4, -0.2) is 19.4 Å². The van der Waals surface area contributed by atoms with Crippen LogP contribution >= 0.6 is 23.4 Å². The van der Waals surface area contributed by atoms with Crippen LogP contribution in [0.15, 0.2) is 53.5 Å². The zero-order chi connectivity index (χ0) is 17.1.